The van der Waals surface area contributed by atoms with Gasteiger partial charge in [-0.05, 0) is 61.9 Å². The normalized spacial score (nSPS) is 24.7. The lowest BCUT2D eigenvalue weighted by atomic mass is 10.1. The van der Waals surface area contributed by atoms with Crippen LogP contribution in [0.2, 0.25) is 0 Å². The van der Waals surface area contributed by atoms with E-state index in [1.807, 2.05) is 0 Å². The molecule has 0 spiro atoms. The molecular formula is C35H36F3N5O2. The molecule has 1 N–H and O–H groups in total. The summed E-state index contributed by atoms with van der Waals surface area (Å²) in [6.45, 7) is 4.24. The van der Waals surface area contributed by atoms with Gasteiger partial charge in [0.15, 0.2) is 5.82 Å². The molecule has 0 aliphatic carbocycles. The second-order valence-corrected chi connectivity index (χ2v) is 12.3. The number of morpholine rings is 1. The highest BCUT2D eigenvalue weighted by molar-refractivity contribution is 5.92. The average molecular weight is 616 g/mol. The summed E-state index contributed by atoms with van der Waals surface area (Å²) >= 11 is 0. The Hall–Kier alpha value is -3.91. The maximum Gasteiger partial charge on any atom is 0.319 e. The summed E-state index contributed by atoms with van der Waals surface area (Å²) in [4.78, 5) is 13.8. The molecule has 4 saturated heterocycles. The molecule has 5 heterocycles. The second kappa shape index (κ2) is 12.8. The zero-order valence-electron chi connectivity index (χ0n) is 25.0. The van der Waals surface area contributed by atoms with Gasteiger partial charge in [0.05, 0.1) is 25.4 Å². The van der Waals surface area contributed by atoms with Crippen molar-refractivity contribution < 1.29 is 22.6 Å². The molecule has 0 amide bonds. The summed E-state index contributed by atoms with van der Waals surface area (Å²) in [5.74, 6) is 0.829. The number of fused-ring (bicyclic) bond motifs is 5. The number of halogens is 3. The van der Waals surface area contributed by atoms with E-state index in [0.29, 0.717) is 60.6 Å². The fourth-order valence-corrected chi connectivity index (χ4v) is 7.17. The van der Waals surface area contributed by atoms with Gasteiger partial charge in [-0.3, -0.25) is 4.90 Å². The van der Waals surface area contributed by atoms with Crippen LogP contribution >= 0.6 is 0 Å². The van der Waals surface area contributed by atoms with Gasteiger partial charge in [-0.25, -0.2) is 13.2 Å². The van der Waals surface area contributed by atoms with Crippen molar-refractivity contribution in [3.05, 3.63) is 70.6 Å². The number of ether oxygens (including phenoxy) is 2. The van der Waals surface area contributed by atoms with E-state index >= 15 is 8.78 Å². The van der Waals surface area contributed by atoms with Crippen molar-refractivity contribution in [2.75, 3.05) is 44.4 Å². The molecule has 10 heteroatoms. The first-order valence-corrected chi connectivity index (χ1v) is 15.7. The van der Waals surface area contributed by atoms with E-state index < -0.39 is 17.5 Å². The quantitative estimate of drug-likeness (QED) is 0.199. The molecular weight excluding hydrogens is 579 g/mol. The number of terminal acetylenes is 1. The molecule has 7 nitrogen and oxygen atoms in total. The molecule has 7 rings (SSSR count). The third-order valence-corrected chi connectivity index (χ3v) is 9.39. The van der Waals surface area contributed by atoms with Crippen LogP contribution in [0.25, 0.3) is 23.1 Å². The smallest absolute Gasteiger partial charge is 0.319 e. The number of nitrogens with one attached hydrogen (secondary N) is 1. The minimum atomic E-state index is -0.775. The number of benzene rings is 2. The van der Waals surface area contributed by atoms with E-state index in [9.17, 15) is 4.39 Å². The van der Waals surface area contributed by atoms with Gasteiger partial charge >= 0.3 is 6.01 Å². The van der Waals surface area contributed by atoms with Crippen LogP contribution in [0.3, 0.4) is 0 Å². The van der Waals surface area contributed by atoms with Crippen LogP contribution < -0.4 is 15.0 Å². The summed E-state index contributed by atoms with van der Waals surface area (Å²) in [6.07, 6.45) is 16.8. The van der Waals surface area contributed by atoms with Gasteiger partial charge in [-0.2, -0.15) is 9.97 Å². The molecule has 1 aromatic heterocycles. The molecule has 4 aliphatic rings. The minimum absolute atomic E-state index is 0.0225. The van der Waals surface area contributed by atoms with Crippen LogP contribution in [0.5, 0.6) is 6.01 Å². The van der Waals surface area contributed by atoms with Crippen molar-refractivity contribution in [3.8, 4) is 18.4 Å². The Balaban J connectivity index is 1.14. The summed E-state index contributed by atoms with van der Waals surface area (Å²) < 4.78 is 57.0. The van der Waals surface area contributed by atoms with Crippen LogP contribution in [0.4, 0.5) is 19.0 Å². The Labute approximate surface area is 261 Å². The summed E-state index contributed by atoms with van der Waals surface area (Å²) in [5.41, 5.74) is 0.620. The molecule has 234 valence electrons. The van der Waals surface area contributed by atoms with Crippen molar-refractivity contribution in [2.45, 2.75) is 56.3 Å². The molecule has 4 fully saturated rings. The van der Waals surface area contributed by atoms with Gasteiger partial charge < -0.3 is 19.7 Å². The van der Waals surface area contributed by atoms with Gasteiger partial charge in [-0.15, -0.1) is 6.42 Å². The van der Waals surface area contributed by atoms with Crippen LogP contribution in [-0.4, -0.2) is 78.5 Å². The Morgan fingerprint density at radius 3 is 2.49 bits per heavy atom. The number of rotatable bonds is 9. The number of hydrogen-bond donors (Lipinski definition) is 1. The van der Waals surface area contributed by atoms with Gasteiger partial charge in [0.2, 0.25) is 0 Å². The van der Waals surface area contributed by atoms with Crippen molar-refractivity contribution in [1.29, 1.82) is 0 Å². The zero-order chi connectivity index (χ0) is 30.9. The maximum atomic E-state index is 16.1. The first-order valence-electron chi connectivity index (χ1n) is 15.7. The average Bonchev–Trinajstić information content (AvgIpc) is 3.49. The van der Waals surface area contributed by atoms with Crippen molar-refractivity contribution >= 4 is 28.9 Å². The lowest BCUT2D eigenvalue weighted by Gasteiger charge is -2.34. The summed E-state index contributed by atoms with van der Waals surface area (Å²) in [6, 6.07) is 7.36. The molecule has 2 aromatic carbocycles. The van der Waals surface area contributed by atoms with Crippen LogP contribution in [-0.2, 0) is 4.74 Å². The topological polar surface area (TPSA) is 62.8 Å². The maximum absolute atomic E-state index is 16.1. The first kappa shape index (κ1) is 29.8. The Morgan fingerprint density at radius 1 is 0.978 bits per heavy atom. The number of piperazine rings is 1. The second-order valence-electron chi connectivity index (χ2n) is 12.3. The van der Waals surface area contributed by atoms with Gasteiger partial charge in [0.25, 0.3) is 0 Å². The van der Waals surface area contributed by atoms with E-state index in [2.05, 4.69) is 26.0 Å². The standard InChI is InChI=1S/C35H36F3N5O2/c1-2-23-16-22(8-13-30(23)36)6-3-4-7-28-31(37)17-29-33(32(28)38)40-35(41-34(29)42-18-24-9-10-25(19-42)39-24)45-15-5-14-43-26-11-12-27(43)21-44-20-26/h1,3-4,6-8,13,16-17,24-27,39H,5,9-12,14-15,18-21H2/b6-3-,7-4+. The highest BCUT2D eigenvalue weighted by Gasteiger charge is 2.37. The van der Waals surface area contributed by atoms with Crippen molar-refractivity contribution in [3.63, 3.8) is 0 Å². The lowest BCUT2D eigenvalue weighted by Crippen LogP contribution is -2.51. The number of aromatic nitrogens is 2. The SMILES string of the molecule is C#Cc1cc(/C=C\C=C\c2c(F)cc3c(N4CC5CCC(C4)N5)nc(OCCCN4C5CCC4COC5)nc3c2F)ccc1F. The molecule has 4 aliphatic heterocycles. The van der Waals surface area contributed by atoms with Crippen molar-refractivity contribution in [1.82, 2.24) is 20.2 Å². The van der Waals surface area contributed by atoms with Crippen molar-refractivity contribution in [2.24, 2.45) is 0 Å². The Kier molecular flexibility index (Phi) is 8.49. The third kappa shape index (κ3) is 6.17. The van der Waals surface area contributed by atoms with E-state index in [-0.39, 0.29) is 22.7 Å². The molecule has 4 unspecified atom stereocenters. The van der Waals surface area contributed by atoms with Crippen LogP contribution in [0.15, 0.2) is 36.4 Å². The largest absolute Gasteiger partial charge is 0.463 e. The molecule has 0 radical (unpaired) electrons. The fraction of sp³-hybridized carbons (Fsp3) is 0.429. The summed E-state index contributed by atoms with van der Waals surface area (Å²) in [5, 5.41) is 3.92. The highest BCUT2D eigenvalue weighted by atomic mass is 19.1. The molecule has 4 bridgehead atoms. The van der Waals surface area contributed by atoms with Gasteiger partial charge in [0, 0.05) is 54.8 Å². The monoisotopic (exact) mass is 615 g/mol. The molecule has 3 aromatic rings. The van der Waals surface area contributed by atoms with Gasteiger partial charge in [-0.1, -0.05) is 30.2 Å². The van der Waals surface area contributed by atoms with E-state index in [1.54, 1.807) is 18.2 Å². The Morgan fingerprint density at radius 2 is 1.73 bits per heavy atom. The van der Waals surface area contributed by atoms with Gasteiger partial charge in [0.1, 0.15) is 23.0 Å². The third-order valence-electron chi connectivity index (χ3n) is 9.39. The number of nitrogens with zero attached hydrogens (tertiary/aromatic N) is 4. The predicted molar refractivity (Wildman–Crippen MR) is 168 cm³/mol. The van der Waals surface area contributed by atoms with E-state index in [1.165, 1.54) is 30.4 Å². The Bertz CT molecular complexity index is 1660. The molecule has 0 saturated carbocycles. The van der Waals surface area contributed by atoms with E-state index in [4.69, 9.17) is 20.9 Å². The minimum Gasteiger partial charge on any atom is -0.463 e. The lowest BCUT2D eigenvalue weighted by molar-refractivity contribution is -0.0161. The van der Waals surface area contributed by atoms with Crippen LogP contribution in [0, 0.1) is 29.8 Å². The highest BCUT2D eigenvalue weighted by Crippen LogP contribution is 2.34. The first-order chi connectivity index (χ1) is 22.0. The molecule has 45 heavy (non-hydrogen) atoms. The fourth-order valence-electron chi connectivity index (χ4n) is 7.17. The van der Waals surface area contributed by atoms with E-state index in [0.717, 1.165) is 51.9 Å². The zero-order valence-corrected chi connectivity index (χ0v) is 25.0. The number of allylic oxidation sites excluding steroid dienone is 2. The summed E-state index contributed by atoms with van der Waals surface area (Å²) in [7, 11) is 0. The molecule has 4 atom stereocenters. The number of hydrogen-bond acceptors (Lipinski definition) is 7. The predicted octanol–water partition coefficient (Wildman–Crippen LogP) is 5.33. The van der Waals surface area contributed by atoms with Crippen LogP contribution in [0.1, 0.15) is 48.8 Å². The number of anilines is 1.